The van der Waals surface area contributed by atoms with Crippen molar-refractivity contribution in [3.05, 3.63) is 72.4 Å². The molecule has 2 heterocycles. The smallest absolute Gasteiger partial charge is 0.147 e. The van der Waals surface area contributed by atoms with Gasteiger partial charge in [-0.25, -0.2) is 4.98 Å². The Kier molecular flexibility index (Phi) is 5.95. The highest BCUT2D eigenvalue weighted by atomic mass is 16.5. The van der Waals surface area contributed by atoms with Gasteiger partial charge in [-0.05, 0) is 68.9 Å². The minimum absolute atomic E-state index is 0.202. The van der Waals surface area contributed by atoms with Crippen molar-refractivity contribution in [3.8, 4) is 11.5 Å². The Morgan fingerprint density at radius 2 is 1.83 bits per heavy atom. The zero-order chi connectivity index (χ0) is 20.9. The van der Waals surface area contributed by atoms with Crippen molar-refractivity contribution in [2.45, 2.75) is 12.8 Å². The molecule has 0 saturated carbocycles. The number of likely N-dealkylation sites (tertiary alicyclic amines) is 1. The number of hydrogen-bond acceptors (Lipinski definition) is 6. The third-order valence-corrected chi connectivity index (χ3v) is 5.41. The number of piperidine rings is 1. The van der Waals surface area contributed by atoms with E-state index in [2.05, 4.69) is 22.2 Å². The molecule has 3 aromatic rings. The first kappa shape index (κ1) is 19.9. The zero-order valence-corrected chi connectivity index (χ0v) is 17.1. The van der Waals surface area contributed by atoms with Gasteiger partial charge in [0.05, 0.1) is 5.69 Å². The van der Waals surface area contributed by atoms with Crippen LogP contribution in [-0.4, -0.2) is 35.7 Å². The minimum atomic E-state index is 0.202. The number of nitrogens with two attached hydrogens (primary N) is 1. The molecular weight excluding hydrogens is 374 g/mol. The van der Waals surface area contributed by atoms with Crippen molar-refractivity contribution in [1.29, 1.82) is 5.41 Å². The summed E-state index contributed by atoms with van der Waals surface area (Å²) < 4.78 is 5.86. The van der Waals surface area contributed by atoms with Gasteiger partial charge in [0.25, 0.3) is 0 Å². The van der Waals surface area contributed by atoms with Crippen LogP contribution in [0.5, 0.6) is 11.5 Å². The maximum Gasteiger partial charge on any atom is 0.147 e. The molecule has 0 bridgehead atoms. The van der Waals surface area contributed by atoms with E-state index in [1.165, 1.54) is 0 Å². The monoisotopic (exact) mass is 401 g/mol. The Morgan fingerprint density at radius 1 is 1.10 bits per heavy atom. The minimum Gasteiger partial charge on any atom is -0.457 e. The van der Waals surface area contributed by atoms with E-state index in [1.807, 2.05) is 60.7 Å². The summed E-state index contributed by atoms with van der Waals surface area (Å²) >= 11 is 0. The molecule has 1 saturated heterocycles. The number of para-hydroxylation sites is 1. The Morgan fingerprint density at radius 3 is 2.57 bits per heavy atom. The number of benzene rings is 2. The number of ether oxygens (including phenoxy) is 1. The summed E-state index contributed by atoms with van der Waals surface area (Å²) in [5.74, 6) is 2.14. The van der Waals surface area contributed by atoms with E-state index in [1.54, 1.807) is 6.20 Å². The number of nitrogens with zero attached hydrogens (tertiary/aromatic N) is 2. The van der Waals surface area contributed by atoms with Crippen LogP contribution in [0.1, 0.15) is 18.4 Å². The van der Waals surface area contributed by atoms with Crippen LogP contribution in [0.25, 0.3) is 0 Å². The van der Waals surface area contributed by atoms with E-state index in [0.717, 1.165) is 48.7 Å². The standard InChI is InChI=1S/C24H27N5O/c1-29-15-5-6-17(16-29)22(25)21-13-14-27-24(26)23(21)28-18-9-11-20(12-10-18)30-19-7-3-2-4-8-19/h2-4,7-14,17,25,28H,5-6,15-16H2,1H3,(H2,26,27). The summed E-state index contributed by atoms with van der Waals surface area (Å²) in [4.78, 5) is 6.52. The number of pyridine rings is 1. The van der Waals surface area contributed by atoms with Gasteiger partial charge in [-0.3, -0.25) is 0 Å². The Labute approximate surface area is 177 Å². The van der Waals surface area contributed by atoms with Crippen LogP contribution in [0.2, 0.25) is 0 Å². The van der Waals surface area contributed by atoms with Crippen molar-refractivity contribution in [1.82, 2.24) is 9.88 Å². The van der Waals surface area contributed by atoms with Gasteiger partial charge in [-0.2, -0.15) is 0 Å². The first-order valence-electron chi connectivity index (χ1n) is 10.2. The lowest BCUT2D eigenvalue weighted by atomic mass is 9.89. The van der Waals surface area contributed by atoms with Gasteiger partial charge in [-0.1, -0.05) is 18.2 Å². The van der Waals surface area contributed by atoms with Crippen molar-refractivity contribution in [3.63, 3.8) is 0 Å². The highest BCUT2D eigenvalue weighted by Crippen LogP contribution is 2.31. The van der Waals surface area contributed by atoms with Crippen LogP contribution in [0.3, 0.4) is 0 Å². The van der Waals surface area contributed by atoms with Gasteiger partial charge in [0.15, 0.2) is 0 Å². The molecule has 4 N–H and O–H groups in total. The maximum atomic E-state index is 8.81. The summed E-state index contributed by atoms with van der Waals surface area (Å²) in [6, 6.07) is 19.2. The molecule has 6 nitrogen and oxygen atoms in total. The molecule has 154 valence electrons. The second-order valence-electron chi connectivity index (χ2n) is 7.70. The SMILES string of the molecule is CN1CCCC(C(=N)c2ccnc(N)c2Nc2ccc(Oc3ccccc3)cc2)C1. The lowest BCUT2D eigenvalue weighted by Gasteiger charge is -2.30. The van der Waals surface area contributed by atoms with Gasteiger partial charge in [0.1, 0.15) is 17.3 Å². The first-order valence-corrected chi connectivity index (χ1v) is 10.2. The van der Waals surface area contributed by atoms with Crippen LogP contribution in [-0.2, 0) is 0 Å². The van der Waals surface area contributed by atoms with E-state index >= 15 is 0 Å². The molecule has 6 heteroatoms. The normalized spacial score (nSPS) is 16.8. The van der Waals surface area contributed by atoms with Crippen molar-refractivity contribution >= 4 is 22.9 Å². The molecule has 0 aliphatic carbocycles. The van der Waals surface area contributed by atoms with Crippen LogP contribution in [0, 0.1) is 11.3 Å². The van der Waals surface area contributed by atoms with Gasteiger partial charge in [-0.15, -0.1) is 0 Å². The highest BCUT2D eigenvalue weighted by Gasteiger charge is 2.24. The molecule has 1 aliphatic rings. The Balaban J connectivity index is 1.52. The molecule has 1 aromatic heterocycles. The summed E-state index contributed by atoms with van der Waals surface area (Å²) in [6.07, 6.45) is 3.81. The van der Waals surface area contributed by atoms with E-state index in [9.17, 15) is 0 Å². The number of nitrogen functional groups attached to an aromatic ring is 1. The number of anilines is 3. The van der Waals surface area contributed by atoms with Gasteiger partial charge >= 0.3 is 0 Å². The van der Waals surface area contributed by atoms with Crippen molar-refractivity contribution in [2.24, 2.45) is 5.92 Å². The lowest BCUT2D eigenvalue weighted by Crippen LogP contribution is -2.36. The Hall–Kier alpha value is -3.38. The van der Waals surface area contributed by atoms with Crippen LogP contribution in [0.15, 0.2) is 66.9 Å². The van der Waals surface area contributed by atoms with Crippen molar-refractivity contribution in [2.75, 3.05) is 31.2 Å². The number of rotatable bonds is 6. The van der Waals surface area contributed by atoms with Crippen LogP contribution >= 0.6 is 0 Å². The molecule has 1 fully saturated rings. The van der Waals surface area contributed by atoms with Gasteiger partial charge < -0.3 is 26.1 Å². The summed E-state index contributed by atoms with van der Waals surface area (Å²) in [5, 5.41) is 12.2. The lowest BCUT2D eigenvalue weighted by molar-refractivity contribution is 0.246. The fraction of sp³-hybridized carbons (Fsp3) is 0.250. The highest BCUT2D eigenvalue weighted by molar-refractivity contribution is 6.06. The topological polar surface area (TPSA) is 87.3 Å². The van der Waals surface area contributed by atoms with E-state index in [-0.39, 0.29) is 5.92 Å². The Bertz CT molecular complexity index is 1000. The molecule has 2 aromatic carbocycles. The largest absolute Gasteiger partial charge is 0.457 e. The van der Waals surface area contributed by atoms with Crippen LogP contribution in [0.4, 0.5) is 17.2 Å². The number of hydrogen-bond donors (Lipinski definition) is 3. The predicted molar refractivity (Wildman–Crippen MR) is 122 cm³/mol. The molecule has 0 spiro atoms. The quantitative estimate of drug-likeness (QED) is 0.511. The average Bonchev–Trinajstić information content (AvgIpc) is 2.77. The fourth-order valence-corrected chi connectivity index (χ4v) is 3.83. The zero-order valence-electron chi connectivity index (χ0n) is 17.1. The predicted octanol–water partition coefficient (Wildman–Crippen LogP) is 4.91. The maximum absolute atomic E-state index is 8.81. The fourth-order valence-electron chi connectivity index (χ4n) is 3.83. The molecule has 4 rings (SSSR count). The molecule has 1 aliphatic heterocycles. The van der Waals surface area contributed by atoms with Gasteiger partial charge in [0.2, 0.25) is 0 Å². The molecular formula is C24H27N5O. The number of aromatic nitrogens is 1. The second kappa shape index (κ2) is 8.97. The molecule has 30 heavy (non-hydrogen) atoms. The molecule has 0 amide bonds. The third-order valence-electron chi connectivity index (χ3n) is 5.41. The summed E-state index contributed by atoms with van der Waals surface area (Å²) in [6.45, 7) is 1.98. The number of nitrogens with one attached hydrogen (secondary N) is 2. The third kappa shape index (κ3) is 4.60. The van der Waals surface area contributed by atoms with Crippen molar-refractivity contribution < 1.29 is 4.74 Å². The molecule has 1 unspecified atom stereocenters. The van der Waals surface area contributed by atoms with E-state index in [4.69, 9.17) is 15.9 Å². The first-order chi connectivity index (χ1) is 14.6. The van der Waals surface area contributed by atoms with Crippen LogP contribution < -0.4 is 15.8 Å². The second-order valence-corrected chi connectivity index (χ2v) is 7.70. The van der Waals surface area contributed by atoms with E-state index < -0.39 is 0 Å². The van der Waals surface area contributed by atoms with Gasteiger partial charge in [0, 0.05) is 35.6 Å². The molecule has 1 atom stereocenters. The molecule has 0 radical (unpaired) electrons. The average molecular weight is 402 g/mol. The summed E-state index contributed by atoms with van der Waals surface area (Å²) in [5.41, 5.74) is 9.17. The van der Waals surface area contributed by atoms with E-state index in [0.29, 0.717) is 17.2 Å². The summed E-state index contributed by atoms with van der Waals surface area (Å²) in [7, 11) is 2.11.